The van der Waals surface area contributed by atoms with Gasteiger partial charge in [-0.3, -0.25) is 0 Å². The Kier molecular flexibility index (Phi) is 11.9. The molecule has 0 unspecified atom stereocenters. The number of nitrogens with zero attached hydrogens (tertiary/aromatic N) is 1. The second-order valence-corrected chi connectivity index (χ2v) is 18.3. The van der Waals surface area contributed by atoms with Crippen molar-refractivity contribution in [3.63, 3.8) is 0 Å². The summed E-state index contributed by atoms with van der Waals surface area (Å²) in [6.45, 7) is 15.2. The molecule has 1 aromatic heterocycles. The first kappa shape index (κ1) is 43.7. The molecule has 0 atom stereocenters. The quantitative estimate of drug-likeness (QED) is 0.134. The van der Waals surface area contributed by atoms with Gasteiger partial charge in [0.05, 0.1) is 0 Å². The van der Waals surface area contributed by atoms with E-state index in [1.165, 1.54) is 66.8 Å². The predicted octanol–water partition coefficient (Wildman–Crippen LogP) is 18.7. The normalized spacial score (nSPS) is 12.3. The van der Waals surface area contributed by atoms with Crippen molar-refractivity contribution in [3.8, 4) is 55.6 Å². The van der Waals surface area contributed by atoms with E-state index in [1.807, 2.05) is 30.4 Å². The van der Waals surface area contributed by atoms with Gasteiger partial charge in [-0.05, 0) is 147 Å². The van der Waals surface area contributed by atoms with Gasteiger partial charge in [-0.1, -0.05) is 208 Å². The standard InChI is InChI=1S/C59H47NO.C7H8/c1-6-7-24-57-58(53-37-46(28-34-56(53)61-57)45-27-32-50(40(3)35-45)49-21-12-11-16-39(49)2)60(48-31-33-52-51-22-13-14-23-54(51)59(4,5)55(52)38-48)47-29-25-42(26-30-47)44-20-15-19-43(36-44)41-17-9-8-10-18-41;1-7-5-3-2-4-6-7/h6-38H,1H2,2-5H3;2-6H,1H3/b24-7-;. The second kappa shape index (κ2) is 18.6. The van der Waals surface area contributed by atoms with Crippen LogP contribution in [0, 0.1) is 20.8 Å². The van der Waals surface area contributed by atoms with E-state index in [0.29, 0.717) is 0 Å². The SMILES string of the molecule is C=C/C=C\c1oc2ccc(-c3ccc(-c4ccccc4C)c(C)c3)cc2c1N(c1ccc(-c2cccc(-c3ccccc3)c2)cc1)c1ccc2c(c1)C(C)(C)c1ccccc1-2.Cc1ccccc1. The first-order valence-corrected chi connectivity index (χ1v) is 23.5. The van der Waals surface area contributed by atoms with Crippen LogP contribution in [-0.2, 0) is 5.41 Å². The zero-order valence-electron chi connectivity index (χ0n) is 39.5. The van der Waals surface area contributed by atoms with Gasteiger partial charge in [0, 0.05) is 22.2 Å². The molecule has 0 saturated carbocycles. The van der Waals surface area contributed by atoms with Crippen molar-refractivity contribution in [1.29, 1.82) is 0 Å². The van der Waals surface area contributed by atoms with Gasteiger partial charge in [0.25, 0.3) is 0 Å². The van der Waals surface area contributed by atoms with Crippen molar-refractivity contribution < 1.29 is 4.42 Å². The highest BCUT2D eigenvalue weighted by Gasteiger charge is 2.36. The van der Waals surface area contributed by atoms with Gasteiger partial charge < -0.3 is 9.32 Å². The highest BCUT2D eigenvalue weighted by Crippen LogP contribution is 2.52. The van der Waals surface area contributed by atoms with Crippen molar-refractivity contribution in [2.75, 3.05) is 4.90 Å². The number of anilines is 3. The molecule has 2 heteroatoms. The Hall–Kier alpha value is -8.20. The summed E-state index contributed by atoms with van der Waals surface area (Å²) in [6.07, 6.45) is 5.80. The zero-order valence-corrected chi connectivity index (χ0v) is 39.5. The Labute approximate surface area is 401 Å². The topological polar surface area (TPSA) is 16.4 Å². The van der Waals surface area contributed by atoms with E-state index in [-0.39, 0.29) is 5.41 Å². The lowest BCUT2D eigenvalue weighted by atomic mass is 9.82. The molecule has 0 fully saturated rings. The third-order valence-electron chi connectivity index (χ3n) is 13.5. The number of fused-ring (bicyclic) bond motifs is 4. The third kappa shape index (κ3) is 8.42. The van der Waals surface area contributed by atoms with Crippen molar-refractivity contribution >= 4 is 34.1 Å². The second-order valence-electron chi connectivity index (χ2n) is 18.3. The summed E-state index contributed by atoms with van der Waals surface area (Å²) < 4.78 is 6.79. The Morgan fingerprint density at radius 1 is 0.441 bits per heavy atom. The fourth-order valence-electron chi connectivity index (χ4n) is 9.89. The first-order valence-electron chi connectivity index (χ1n) is 23.5. The lowest BCUT2D eigenvalue weighted by Crippen LogP contribution is -2.16. The molecule has 0 N–H and O–H groups in total. The van der Waals surface area contributed by atoms with E-state index in [2.05, 4.69) is 240 Å². The number of furan rings is 1. The Morgan fingerprint density at radius 3 is 1.68 bits per heavy atom. The summed E-state index contributed by atoms with van der Waals surface area (Å²) in [6, 6.07) is 76.4. The number of rotatable bonds is 9. The van der Waals surface area contributed by atoms with Gasteiger partial charge in [-0.2, -0.15) is 0 Å². The molecule has 68 heavy (non-hydrogen) atoms. The molecule has 2 nitrogen and oxygen atoms in total. The summed E-state index contributed by atoms with van der Waals surface area (Å²) in [5.41, 5.74) is 22.4. The minimum atomic E-state index is -0.166. The molecule has 0 saturated heterocycles. The lowest BCUT2D eigenvalue weighted by molar-refractivity contribution is 0.604. The van der Waals surface area contributed by atoms with Crippen LogP contribution >= 0.6 is 0 Å². The average Bonchev–Trinajstić information content (AvgIpc) is 3.84. The summed E-state index contributed by atoms with van der Waals surface area (Å²) in [5.74, 6) is 0.765. The van der Waals surface area contributed by atoms with Gasteiger partial charge in [-0.25, -0.2) is 0 Å². The summed E-state index contributed by atoms with van der Waals surface area (Å²) in [7, 11) is 0. The predicted molar refractivity (Wildman–Crippen MR) is 290 cm³/mol. The molecule has 0 spiro atoms. The largest absolute Gasteiger partial charge is 0.454 e. The third-order valence-corrected chi connectivity index (χ3v) is 13.5. The van der Waals surface area contributed by atoms with Crippen molar-refractivity contribution in [3.05, 3.63) is 265 Å². The van der Waals surface area contributed by atoms with E-state index in [1.54, 1.807) is 6.08 Å². The number of aryl methyl sites for hydroxylation is 3. The monoisotopic (exact) mass is 877 g/mol. The van der Waals surface area contributed by atoms with Crippen LogP contribution in [0.2, 0.25) is 0 Å². The first-order chi connectivity index (χ1) is 33.2. The molecule has 330 valence electrons. The Balaban J connectivity index is 0.000000708. The number of benzene rings is 9. The summed E-state index contributed by atoms with van der Waals surface area (Å²) in [4.78, 5) is 2.38. The van der Waals surface area contributed by atoms with Crippen LogP contribution in [0.5, 0.6) is 0 Å². The van der Waals surface area contributed by atoms with Gasteiger partial charge in [0.2, 0.25) is 0 Å². The van der Waals surface area contributed by atoms with Crippen molar-refractivity contribution in [1.82, 2.24) is 0 Å². The minimum Gasteiger partial charge on any atom is -0.454 e. The highest BCUT2D eigenvalue weighted by molar-refractivity contribution is 6.03. The summed E-state index contributed by atoms with van der Waals surface area (Å²) >= 11 is 0. The van der Waals surface area contributed by atoms with Gasteiger partial charge >= 0.3 is 0 Å². The van der Waals surface area contributed by atoms with Gasteiger partial charge in [-0.15, -0.1) is 0 Å². The molecule has 1 aliphatic carbocycles. The summed E-state index contributed by atoms with van der Waals surface area (Å²) in [5, 5.41) is 1.03. The molecule has 0 bridgehead atoms. The van der Waals surface area contributed by atoms with E-state index in [4.69, 9.17) is 4.42 Å². The van der Waals surface area contributed by atoms with Crippen LogP contribution in [0.15, 0.2) is 235 Å². The van der Waals surface area contributed by atoms with Crippen LogP contribution in [0.3, 0.4) is 0 Å². The highest BCUT2D eigenvalue weighted by atomic mass is 16.3. The molecule has 0 aliphatic heterocycles. The van der Waals surface area contributed by atoms with Gasteiger partial charge in [0.15, 0.2) is 5.76 Å². The number of hydrogen-bond acceptors (Lipinski definition) is 2. The average molecular weight is 878 g/mol. The molecule has 1 heterocycles. The Morgan fingerprint density at radius 2 is 0.985 bits per heavy atom. The maximum absolute atomic E-state index is 6.79. The van der Waals surface area contributed by atoms with E-state index < -0.39 is 0 Å². The zero-order chi connectivity index (χ0) is 46.8. The van der Waals surface area contributed by atoms with E-state index >= 15 is 0 Å². The van der Waals surface area contributed by atoms with Crippen molar-refractivity contribution in [2.45, 2.75) is 40.0 Å². The maximum atomic E-state index is 6.79. The molecule has 10 aromatic rings. The van der Waals surface area contributed by atoms with Gasteiger partial charge in [0.1, 0.15) is 11.3 Å². The fourth-order valence-corrected chi connectivity index (χ4v) is 9.89. The van der Waals surface area contributed by atoms with E-state index in [9.17, 15) is 0 Å². The fraction of sp³-hybridized carbons (Fsp3) is 0.0909. The molecule has 9 aromatic carbocycles. The maximum Gasteiger partial charge on any atom is 0.152 e. The van der Waals surface area contributed by atoms with Crippen LogP contribution in [0.1, 0.15) is 47.4 Å². The van der Waals surface area contributed by atoms with Crippen LogP contribution < -0.4 is 4.90 Å². The number of hydrogen-bond donors (Lipinski definition) is 0. The smallest absolute Gasteiger partial charge is 0.152 e. The molecule has 11 rings (SSSR count). The van der Waals surface area contributed by atoms with E-state index in [0.717, 1.165) is 50.5 Å². The van der Waals surface area contributed by atoms with Crippen LogP contribution in [0.4, 0.5) is 17.1 Å². The number of allylic oxidation sites excluding steroid dienone is 2. The molecule has 0 radical (unpaired) electrons. The molecular formula is C66H55NO. The lowest BCUT2D eigenvalue weighted by Gasteiger charge is -2.28. The molecular weight excluding hydrogens is 823 g/mol. The minimum absolute atomic E-state index is 0.166. The van der Waals surface area contributed by atoms with Crippen LogP contribution in [-0.4, -0.2) is 0 Å². The molecule has 1 aliphatic rings. The van der Waals surface area contributed by atoms with Crippen molar-refractivity contribution in [2.24, 2.45) is 0 Å². The van der Waals surface area contributed by atoms with Crippen LogP contribution in [0.25, 0.3) is 72.7 Å². The molecule has 0 amide bonds. The Bertz CT molecular complexity index is 3460.